The Morgan fingerprint density at radius 3 is 2.57 bits per heavy atom. The summed E-state index contributed by atoms with van der Waals surface area (Å²) in [7, 11) is 1.55. The van der Waals surface area contributed by atoms with Gasteiger partial charge in [0, 0.05) is 23.2 Å². The molecule has 0 unspecified atom stereocenters. The van der Waals surface area contributed by atoms with Gasteiger partial charge in [-0.25, -0.2) is 0 Å². The van der Waals surface area contributed by atoms with E-state index in [2.05, 4.69) is 15.5 Å². The van der Waals surface area contributed by atoms with Crippen LogP contribution >= 0.6 is 0 Å². The molecule has 1 aliphatic carbocycles. The van der Waals surface area contributed by atoms with Crippen LogP contribution in [0.3, 0.4) is 0 Å². The lowest BCUT2D eigenvalue weighted by molar-refractivity contribution is 0.0928. The van der Waals surface area contributed by atoms with Gasteiger partial charge in [-0.3, -0.25) is 4.79 Å². The number of aromatic nitrogens is 2. The van der Waals surface area contributed by atoms with E-state index in [4.69, 9.17) is 4.74 Å². The number of benzene rings is 1. The van der Waals surface area contributed by atoms with Gasteiger partial charge in [0.2, 0.25) is 5.88 Å². The van der Waals surface area contributed by atoms with E-state index in [1.165, 1.54) is 19.3 Å². The number of hydrogen-bond donors (Lipinski definition) is 1. The topological polar surface area (TPSA) is 64.1 Å². The summed E-state index contributed by atoms with van der Waals surface area (Å²) in [6, 6.07) is 11.4. The first-order chi connectivity index (χ1) is 11.3. The molecule has 3 rings (SSSR count). The van der Waals surface area contributed by atoms with E-state index in [9.17, 15) is 4.79 Å². The minimum atomic E-state index is -0.0369. The zero-order chi connectivity index (χ0) is 16.1. The summed E-state index contributed by atoms with van der Waals surface area (Å²) in [5, 5.41) is 11.3. The molecule has 1 amide bonds. The van der Waals surface area contributed by atoms with Gasteiger partial charge >= 0.3 is 0 Å². The van der Waals surface area contributed by atoms with Crippen molar-refractivity contribution in [3.8, 4) is 17.1 Å². The van der Waals surface area contributed by atoms with Crippen molar-refractivity contribution in [1.82, 2.24) is 15.5 Å². The molecule has 120 valence electrons. The van der Waals surface area contributed by atoms with Gasteiger partial charge in [0.15, 0.2) is 0 Å². The highest BCUT2D eigenvalue weighted by Gasteiger charge is 2.19. The van der Waals surface area contributed by atoms with Crippen LogP contribution < -0.4 is 10.1 Å². The van der Waals surface area contributed by atoms with E-state index >= 15 is 0 Å². The third-order valence-corrected chi connectivity index (χ3v) is 4.24. The summed E-state index contributed by atoms with van der Waals surface area (Å²) in [5.41, 5.74) is 2.09. The predicted octanol–water partition coefficient (Wildman–Crippen LogP) is 3.21. The number of nitrogens with zero attached hydrogens (tertiary/aromatic N) is 2. The molecule has 1 saturated carbocycles. The molecular weight excluding hydrogens is 290 g/mol. The Hall–Kier alpha value is -2.43. The van der Waals surface area contributed by atoms with Crippen molar-refractivity contribution in [3.05, 3.63) is 42.0 Å². The quantitative estimate of drug-likeness (QED) is 0.941. The number of carbonyl (C=O) groups is 1. The van der Waals surface area contributed by atoms with Gasteiger partial charge in [0.1, 0.15) is 0 Å². The first-order valence-corrected chi connectivity index (χ1v) is 8.06. The molecule has 0 spiro atoms. The van der Waals surface area contributed by atoms with Gasteiger partial charge in [0.25, 0.3) is 5.91 Å². The maximum absolute atomic E-state index is 12.6. The normalized spacial score (nSPS) is 15.2. The smallest absolute Gasteiger partial charge is 0.252 e. The lowest BCUT2D eigenvalue weighted by Gasteiger charge is -2.23. The highest BCUT2D eigenvalue weighted by atomic mass is 16.5. The second-order valence-electron chi connectivity index (χ2n) is 5.81. The van der Waals surface area contributed by atoms with E-state index in [1.54, 1.807) is 13.2 Å². The Morgan fingerprint density at radius 2 is 1.87 bits per heavy atom. The summed E-state index contributed by atoms with van der Waals surface area (Å²) >= 11 is 0. The maximum atomic E-state index is 12.6. The Balaban J connectivity index is 1.82. The third-order valence-electron chi connectivity index (χ3n) is 4.24. The van der Waals surface area contributed by atoms with Crippen LogP contribution in [0.1, 0.15) is 42.5 Å². The number of carbonyl (C=O) groups excluding carboxylic acids is 1. The van der Waals surface area contributed by atoms with Crippen molar-refractivity contribution < 1.29 is 9.53 Å². The Labute approximate surface area is 136 Å². The molecule has 0 saturated heterocycles. The predicted molar refractivity (Wildman–Crippen MR) is 88.4 cm³/mol. The average Bonchev–Trinajstić information content (AvgIpc) is 2.62. The monoisotopic (exact) mass is 311 g/mol. The first kappa shape index (κ1) is 15.5. The number of amides is 1. The molecule has 5 nitrogen and oxygen atoms in total. The van der Waals surface area contributed by atoms with Crippen LogP contribution in [-0.2, 0) is 0 Å². The Kier molecular flexibility index (Phi) is 4.86. The minimum Gasteiger partial charge on any atom is -0.480 e. The summed E-state index contributed by atoms with van der Waals surface area (Å²) in [6.07, 6.45) is 5.78. The van der Waals surface area contributed by atoms with Crippen molar-refractivity contribution in [1.29, 1.82) is 0 Å². The molecular formula is C18H21N3O2. The van der Waals surface area contributed by atoms with Crippen molar-refractivity contribution in [2.75, 3.05) is 7.11 Å². The Bertz CT molecular complexity index is 664. The van der Waals surface area contributed by atoms with Crippen LogP contribution in [0.4, 0.5) is 0 Å². The van der Waals surface area contributed by atoms with Crippen LogP contribution in [0.2, 0.25) is 0 Å². The van der Waals surface area contributed by atoms with Gasteiger partial charge in [-0.05, 0) is 25.0 Å². The van der Waals surface area contributed by atoms with E-state index < -0.39 is 0 Å². The van der Waals surface area contributed by atoms with E-state index in [0.29, 0.717) is 17.1 Å². The van der Waals surface area contributed by atoms with Crippen LogP contribution in [-0.4, -0.2) is 29.3 Å². The lowest BCUT2D eigenvalue weighted by atomic mass is 9.95. The molecule has 1 aromatic heterocycles. The van der Waals surface area contributed by atoms with Crippen molar-refractivity contribution in [2.45, 2.75) is 38.1 Å². The van der Waals surface area contributed by atoms with E-state index in [1.807, 2.05) is 30.3 Å². The number of ether oxygens (including phenoxy) is 1. The van der Waals surface area contributed by atoms with Gasteiger partial charge in [-0.2, -0.15) is 0 Å². The van der Waals surface area contributed by atoms with Gasteiger partial charge < -0.3 is 10.1 Å². The molecule has 1 N–H and O–H groups in total. The van der Waals surface area contributed by atoms with Crippen LogP contribution in [0.15, 0.2) is 36.4 Å². The van der Waals surface area contributed by atoms with Gasteiger partial charge in [-0.15, -0.1) is 10.2 Å². The highest BCUT2D eigenvalue weighted by Crippen LogP contribution is 2.23. The summed E-state index contributed by atoms with van der Waals surface area (Å²) in [6.45, 7) is 0. The fourth-order valence-corrected chi connectivity index (χ4v) is 2.99. The van der Waals surface area contributed by atoms with Crippen LogP contribution in [0, 0.1) is 0 Å². The second-order valence-corrected chi connectivity index (χ2v) is 5.81. The van der Waals surface area contributed by atoms with Crippen molar-refractivity contribution >= 4 is 5.91 Å². The lowest BCUT2D eigenvalue weighted by Crippen LogP contribution is -2.36. The number of nitrogens with one attached hydrogen (secondary N) is 1. The SMILES string of the molecule is COc1ccc(-c2ccccc2C(=O)NC2CCCCC2)nn1. The van der Waals surface area contributed by atoms with E-state index in [0.717, 1.165) is 18.4 Å². The number of methoxy groups -OCH3 is 1. The summed E-state index contributed by atoms with van der Waals surface area (Å²) < 4.78 is 5.03. The van der Waals surface area contributed by atoms with Crippen LogP contribution in [0.25, 0.3) is 11.3 Å². The highest BCUT2D eigenvalue weighted by molar-refractivity contribution is 6.00. The molecule has 2 aromatic rings. The molecule has 0 atom stereocenters. The molecule has 5 heteroatoms. The molecule has 23 heavy (non-hydrogen) atoms. The summed E-state index contributed by atoms with van der Waals surface area (Å²) in [4.78, 5) is 12.6. The minimum absolute atomic E-state index is 0.0369. The second kappa shape index (κ2) is 7.22. The fraction of sp³-hybridized carbons (Fsp3) is 0.389. The van der Waals surface area contributed by atoms with Crippen molar-refractivity contribution in [2.24, 2.45) is 0 Å². The molecule has 1 aromatic carbocycles. The van der Waals surface area contributed by atoms with Gasteiger partial charge in [0.05, 0.1) is 12.8 Å². The maximum Gasteiger partial charge on any atom is 0.252 e. The number of hydrogen-bond acceptors (Lipinski definition) is 4. The zero-order valence-corrected chi connectivity index (χ0v) is 13.3. The molecule has 0 radical (unpaired) electrons. The fourth-order valence-electron chi connectivity index (χ4n) is 2.99. The molecule has 0 aliphatic heterocycles. The summed E-state index contributed by atoms with van der Waals surface area (Å²) in [5.74, 6) is 0.419. The van der Waals surface area contributed by atoms with E-state index in [-0.39, 0.29) is 11.9 Å². The standard InChI is InChI=1S/C18H21N3O2/c1-23-17-12-11-16(20-21-17)14-9-5-6-10-15(14)18(22)19-13-7-3-2-4-8-13/h5-6,9-13H,2-4,7-8H2,1H3,(H,19,22). The van der Waals surface area contributed by atoms with Crippen LogP contribution in [0.5, 0.6) is 5.88 Å². The molecule has 1 heterocycles. The molecule has 0 bridgehead atoms. The molecule has 1 aliphatic rings. The van der Waals surface area contributed by atoms with Crippen molar-refractivity contribution in [3.63, 3.8) is 0 Å². The first-order valence-electron chi connectivity index (χ1n) is 8.06. The zero-order valence-electron chi connectivity index (χ0n) is 13.3. The van der Waals surface area contributed by atoms with Gasteiger partial charge in [-0.1, -0.05) is 37.5 Å². The average molecular weight is 311 g/mol. The molecule has 1 fully saturated rings. The number of rotatable bonds is 4. The third kappa shape index (κ3) is 3.67. The Morgan fingerprint density at radius 1 is 1.09 bits per heavy atom. The largest absolute Gasteiger partial charge is 0.480 e.